The summed E-state index contributed by atoms with van der Waals surface area (Å²) in [6.45, 7) is 5.11. The van der Waals surface area contributed by atoms with E-state index in [0.29, 0.717) is 0 Å². The average molecular weight is 480 g/mol. The highest BCUT2D eigenvalue weighted by molar-refractivity contribution is 5.87. The number of imidazole rings is 1. The zero-order chi connectivity index (χ0) is 25.4. The molecule has 0 fully saturated rings. The smallest absolute Gasteiger partial charge is 0.109 e. The number of aromatic nitrogens is 2. The van der Waals surface area contributed by atoms with Crippen LogP contribution in [0.1, 0.15) is 46.1 Å². The molecule has 37 heavy (non-hydrogen) atoms. The maximum absolute atomic E-state index is 9.54. The van der Waals surface area contributed by atoms with Crippen molar-refractivity contribution >= 4 is 16.6 Å². The highest BCUT2D eigenvalue weighted by Crippen LogP contribution is 2.35. The maximum Gasteiger partial charge on any atom is 0.109 e. The molecule has 1 aromatic heterocycles. The van der Waals surface area contributed by atoms with Crippen LogP contribution in [-0.4, -0.2) is 9.55 Å². The van der Waals surface area contributed by atoms with E-state index in [1.807, 2.05) is 0 Å². The van der Waals surface area contributed by atoms with Crippen LogP contribution in [-0.2, 0) is 25.8 Å². The summed E-state index contributed by atoms with van der Waals surface area (Å²) in [5, 5.41) is 9.54. The van der Waals surface area contributed by atoms with Gasteiger partial charge in [0.05, 0.1) is 17.1 Å². The summed E-state index contributed by atoms with van der Waals surface area (Å²) in [4.78, 5) is 5.05. The third-order valence-electron chi connectivity index (χ3n) is 7.53. The van der Waals surface area contributed by atoms with E-state index >= 15 is 0 Å². The van der Waals surface area contributed by atoms with Gasteiger partial charge < -0.3 is 4.57 Å². The van der Waals surface area contributed by atoms with Crippen LogP contribution < -0.4 is 0 Å². The average Bonchev–Trinajstić information content (AvgIpc) is 3.21. The molecule has 1 aliphatic carbocycles. The lowest BCUT2D eigenvalue weighted by molar-refractivity contribution is 0.751. The van der Waals surface area contributed by atoms with Gasteiger partial charge in [-0.3, -0.25) is 0 Å². The van der Waals surface area contributed by atoms with Crippen LogP contribution in [0.15, 0.2) is 91.0 Å². The van der Waals surface area contributed by atoms with Gasteiger partial charge in [-0.2, -0.15) is 5.26 Å². The number of fused-ring (bicyclic) bond motifs is 3. The van der Waals surface area contributed by atoms with Crippen molar-refractivity contribution < 1.29 is 0 Å². The van der Waals surface area contributed by atoms with Crippen LogP contribution in [0, 0.1) is 18.3 Å². The normalized spacial score (nSPS) is 13.7. The number of allylic oxidation sites excluding steroid dienone is 1. The highest BCUT2D eigenvalue weighted by atomic mass is 15.1. The van der Waals surface area contributed by atoms with Crippen LogP contribution in [0.3, 0.4) is 0 Å². The van der Waals surface area contributed by atoms with Crippen molar-refractivity contribution in [2.45, 2.75) is 39.7 Å². The number of nitrogens with zero attached hydrogens (tertiary/aromatic N) is 3. The molecule has 1 heterocycles. The van der Waals surface area contributed by atoms with Crippen molar-refractivity contribution in [3.63, 3.8) is 0 Å². The van der Waals surface area contributed by atoms with Gasteiger partial charge in [0.25, 0.3) is 0 Å². The zero-order valence-electron chi connectivity index (χ0n) is 21.3. The van der Waals surface area contributed by atoms with Crippen LogP contribution in [0.2, 0.25) is 0 Å². The molecule has 0 N–H and O–H groups in total. The molecule has 180 valence electrons. The van der Waals surface area contributed by atoms with Gasteiger partial charge in [-0.05, 0) is 82.0 Å². The van der Waals surface area contributed by atoms with Crippen molar-refractivity contribution in [3.8, 4) is 17.2 Å². The van der Waals surface area contributed by atoms with E-state index in [0.717, 1.165) is 42.7 Å². The first-order valence-electron chi connectivity index (χ1n) is 13.0. The molecular weight excluding hydrogens is 450 g/mol. The molecular formula is C34H29N3. The third kappa shape index (κ3) is 4.15. The van der Waals surface area contributed by atoms with Crippen LogP contribution in [0.4, 0.5) is 0 Å². The summed E-state index contributed by atoms with van der Waals surface area (Å²) in [6.07, 6.45) is 4.52. The Balaban J connectivity index is 1.44. The number of hydrogen-bond donors (Lipinski definition) is 0. The molecule has 0 amide bonds. The minimum absolute atomic E-state index is 0.773. The first kappa shape index (κ1) is 23.0. The summed E-state index contributed by atoms with van der Waals surface area (Å²) < 4.78 is 2.38. The van der Waals surface area contributed by atoms with E-state index in [1.165, 1.54) is 50.0 Å². The summed E-state index contributed by atoms with van der Waals surface area (Å²) in [7, 11) is 0. The van der Waals surface area contributed by atoms with Gasteiger partial charge in [0, 0.05) is 19.0 Å². The SMILES string of the molecule is CCc1nc2c(C)cc(-c3ccccc3)cc2n1Cc1ccc2c(c1)CCc1ccccc1/C2=C\C#N. The van der Waals surface area contributed by atoms with E-state index < -0.39 is 0 Å². The molecule has 0 bridgehead atoms. The molecule has 0 atom stereocenters. The van der Waals surface area contributed by atoms with Gasteiger partial charge in [0.1, 0.15) is 5.82 Å². The Labute approximate surface area is 218 Å². The van der Waals surface area contributed by atoms with E-state index in [9.17, 15) is 5.26 Å². The Hall–Kier alpha value is -4.42. The number of hydrogen-bond acceptors (Lipinski definition) is 2. The predicted molar refractivity (Wildman–Crippen MR) is 151 cm³/mol. The first-order valence-corrected chi connectivity index (χ1v) is 13.0. The van der Waals surface area contributed by atoms with Crippen molar-refractivity contribution in [2.75, 3.05) is 0 Å². The summed E-state index contributed by atoms with van der Waals surface area (Å²) in [6, 6.07) is 32.6. The lowest BCUT2D eigenvalue weighted by Crippen LogP contribution is -2.06. The number of rotatable bonds is 4. The number of benzene rings is 4. The van der Waals surface area contributed by atoms with E-state index in [4.69, 9.17) is 4.98 Å². The van der Waals surface area contributed by atoms with Gasteiger partial charge in [-0.25, -0.2) is 4.98 Å². The van der Waals surface area contributed by atoms with Crippen molar-refractivity contribution in [2.24, 2.45) is 0 Å². The Kier molecular flexibility index (Phi) is 5.94. The topological polar surface area (TPSA) is 41.6 Å². The molecule has 0 aliphatic heterocycles. The third-order valence-corrected chi connectivity index (χ3v) is 7.53. The monoisotopic (exact) mass is 479 g/mol. The van der Waals surface area contributed by atoms with E-state index in [-0.39, 0.29) is 0 Å². The summed E-state index contributed by atoms with van der Waals surface area (Å²) >= 11 is 0. The summed E-state index contributed by atoms with van der Waals surface area (Å²) in [5.41, 5.74) is 13.2. The van der Waals surface area contributed by atoms with Gasteiger partial charge in [0.2, 0.25) is 0 Å². The fourth-order valence-corrected chi connectivity index (χ4v) is 5.72. The summed E-state index contributed by atoms with van der Waals surface area (Å²) in [5.74, 6) is 1.11. The van der Waals surface area contributed by atoms with Gasteiger partial charge in [-0.1, -0.05) is 79.7 Å². The molecule has 4 aromatic carbocycles. The lowest BCUT2D eigenvalue weighted by Gasteiger charge is -2.14. The molecule has 6 rings (SSSR count). The second kappa shape index (κ2) is 9.56. The molecule has 0 saturated heterocycles. The maximum atomic E-state index is 9.54. The zero-order valence-corrected chi connectivity index (χ0v) is 21.3. The van der Waals surface area contributed by atoms with E-state index in [1.54, 1.807) is 6.08 Å². The highest BCUT2D eigenvalue weighted by Gasteiger charge is 2.19. The number of aryl methyl sites for hydroxylation is 4. The van der Waals surface area contributed by atoms with Crippen LogP contribution in [0.25, 0.3) is 27.7 Å². The Morgan fingerprint density at radius 1 is 0.865 bits per heavy atom. The van der Waals surface area contributed by atoms with Gasteiger partial charge in [0.15, 0.2) is 0 Å². The molecule has 1 aliphatic rings. The van der Waals surface area contributed by atoms with Crippen LogP contribution in [0.5, 0.6) is 0 Å². The Morgan fingerprint density at radius 2 is 1.62 bits per heavy atom. The Bertz CT molecular complexity index is 1700. The molecule has 0 unspecified atom stereocenters. The van der Waals surface area contributed by atoms with Crippen LogP contribution >= 0.6 is 0 Å². The fraction of sp³-hybridized carbons (Fsp3) is 0.176. The predicted octanol–water partition coefficient (Wildman–Crippen LogP) is 7.68. The standard InChI is InChI=1S/C34H29N3/c1-3-33-36-34-23(2)19-28(25-9-5-4-6-10-25)21-32(34)37(33)22-24-13-16-30-27(20-24)15-14-26-11-7-8-12-29(26)31(30)17-18-35/h4-13,16-17,19-21H,3,14-15,22H2,1-2H3/b31-17+. The minimum atomic E-state index is 0.773. The Morgan fingerprint density at radius 3 is 2.43 bits per heavy atom. The lowest BCUT2D eigenvalue weighted by atomic mass is 9.93. The van der Waals surface area contributed by atoms with Crippen molar-refractivity contribution in [1.82, 2.24) is 9.55 Å². The second-order valence-corrected chi connectivity index (χ2v) is 9.83. The quantitative estimate of drug-likeness (QED) is 0.248. The molecule has 0 spiro atoms. The van der Waals surface area contributed by atoms with Gasteiger partial charge >= 0.3 is 0 Å². The molecule has 0 saturated carbocycles. The molecule has 5 aromatic rings. The van der Waals surface area contributed by atoms with Crippen molar-refractivity contribution in [3.05, 3.63) is 130 Å². The second-order valence-electron chi connectivity index (χ2n) is 9.83. The molecule has 3 nitrogen and oxygen atoms in total. The largest absolute Gasteiger partial charge is 0.323 e. The number of nitriles is 1. The fourth-order valence-electron chi connectivity index (χ4n) is 5.72. The van der Waals surface area contributed by atoms with E-state index in [2.05, 4.69) is 109 Å². The molecule has 0 radical (unpaired) electrons. The minimum Gasteiger partial charge on any atom is -0.323 e. The van der Waals surface area contributed by atoms with Gasteiger partial charge in [-0.15, -0.1) is 0 Å². The first-order chi connectivity index (χ1) is 18.2. The molecule has 3 heteroatoms. The van der Waals surface area contributed by atoms with Crippen molar-refractivity contribution in [1.29, 1.82) is 5.26 Å².